The summed E-state index contributed by atoms with van der Waals surface area (Å²) < 4.78 is 22.6. The summed E-state index contributed by atoms with van der Waals surface area (Å²) in [5, 5.41) is 18.8. The number of pyridine rings is 2. The van der Waals surface area contributed by atoms with Crippen LogP contribution >= 0.6 is 0 Å². The Balaban J connectivity index is 1.18. The van der Waals surface area contributed by atoms with Crippen molar-refractivity contribution in [1.29, 1.82) is 0 Å². The molecule has 0 spiro atoms. The highest BCUT2D eigenvalue weighted by Crippen LogP contribution is 2.31. The molecule has 3 N–H and O–H groups in total. The van der Waals surface area contributed by atoms with E-state index >= 15 is 0 Å². The predicted molar refractivity (Wildman–Crippen MR) is 154 cm³/mol. The molecule has 0 atom stereocenters. The summed E-state index contributed by atoms with van der Waals surface area (Å²) in [5.41, 5.74) is 3.39. The van der Waals surface area contributed by atoms with Crippen molar-refractivity contribution >= 4 is 28.2 Å². The number of benzene rings is 2. The highest BCUT2D eigenvalue weighted by atomic mass is 19.1. The van der Waals surface area contributed by atoms with Gasteiger partial charge in [-0.2, -0.15) is 10.2 Å². The molecule has 10 nitrogen and oxygen atoms in total. The average Bonchev–Trinajstić information content (AvgIpc) is 3.66. The molecule has 4 heterocycles. The summed E-state index contributed by atoms with van der Waals surface area (Å²) in [7, 11) is 0. The second kappa shape index (κ2) is 10.9. The van der Waals surface area contributed by atoms with Crippen molar-refractivity contribution in [2.75, 3.05) is 10.6 Å². The maximum absolute atomic E-state index is 15.0. The zero-order chi connectivity index (χ0) is 28.3. The molecule has 0 aliphatic heterocycles. The molecule has 41 heavy (non-hydrogen) atoms. The minimum absolute atomic E-state index is 0.000305. The molecule has 0 fully saturated rings. The molecule has 2 aromatic carbocycles. The maximum Gasteiger partial charge on any atom is 0.323 e. The molecular formula is C30H25FN8O2. The van der Waals surface area contributed by atoms with E-state index in [1.807, 2.05) is 38.1 Å². The molecule has 0 bridgehead atoms. The second-order valence-corrected chi connectivity index (χ2v) is 9.59. The number of halogens is 1. The Kier molecular flexibility index (Phi) is 6.82. The number of fused-ring (bicyclic) bond motifs is 1. The number of urea groups is 1. The first-order valence-corrected chi connectivity index (χ1v) is 12.9. The molecule has 0 aliphatic rings. The second-order valence-electron chi connectivity index (χ2n) is 9.59. The number of carbonyl (C=O) groups is 1. The van der Waals surface area contributed by atoms with E-state index in [0.717, 1.165) is 21.9 Å². The predicted octanol–water partition coefficient (Wildman–Crippen LogP) is 7.04. The highest BCUT2D eigenvalue weighted by Gasteiger charge is 2.17. The SMILES string of the molecule is CC(C)n1cc(NC(=O)Nc2ccc(Oc3ccnc(-c4cn[nH]c4)c3)cc2F)c(-c2ccc3cnccc3c2)n1. The van der Waals surface area contributed by atoms with E-state index in [0.29, 0.717) is 22.8 Å². The Bertz CT molecular complexity index is 1850. The molecule has 4 aromatic heterocycles. The van der Waals surface area contributed by atoms with Crippen LogP contribution in [0.2, 0.25) is 0 Å². The van der Waals surface area contributed by atoms with Crippen LogP contribution in [0.3, 0.4) is 0 Å². The van der Waals surface area contributed by atoms with Crippen LogP contribution in [0, 0.1) is 5.82 Å². The molecule has 6 aromatic rings. The zero-order valence-electron chi connectivity index (χ0n) is 22.2. The van der Waals surface area contributed by atoms with Crippen LogP contribution in [0.5, 0.6) is 11.5 Å². The molecule has 6 rings (SSSR count). The molecule has 0 aliphatic carbocycles. The molecule has 204 valence electrons. The molecule has 0 saturated carbocycles. The third-order valence-corrected chi connectivity index (χ3v) is 6.37. The summed E-state index contributed by atoms with van der Waals surface area (Å²) in [4.78, 5) is 21.4. The van der Waals surface area contributed by atoms with Gasteiger partial charge >= 0.3 is 6.03 Å². The molecule has 0 unspecified atom stereocenters. The summed E-state index contributed by atoms with van der Waals surface area (Å²) in [6.45, 7) is 3.99. The lowest BCUT2D eigenvalue weighted by Gasteiger charge is -2.11. The van der Waals surface area contributed by atoms with Gasteiger partial charge in [0.1, 0.15) is 23.0 Å². The number of ether oxygens (including phenoxy) is 1. The fraction of sp³-hybridized carbons (Fsp3) is 0.100. The van der Waals surface area contributed by atoms with Gasteiger partial charge in [-0.25, -0.2) is 9.18 Å². The average molecular weight is 549 g/mol. The van der Waals surface area contributed by atoms with Crippen molar-refractivity contribution in [3.8, 4) is 34.0 Å². The van der Waals surface area contributed by atoms with Crippen molar-refractivity contribution in [2.24, 2.45) is 0 Å². The standard InChI is InChI=1S/C30H25FN8O2/c1-18(2)39-17-28(29(38-39)20-3-4-21-14-32-9-7-19(21)11-20)37-30(40)36-26-6-5-23(12-25(26)31)41-24-8-10-33-27(13-24)22-15-34-35-16-22/h3-18H,1-2H3,(H,34,35)(H2,36,37,40). The fourth-order valence-corrected chi connectivity index (χ4v) is 4.29. The lowest BCUT2D eigenvalue weighted by atomic mass is 10.1. The summed E-state index contributed by atoms with van der Waals surface area (Å²) >= 11 is 0. The van der Waals surface area contributed by atoms with Gasteiger partial charge in [-0.1, -0.05) is 12.1 Å². The summed E-state index contributed by atoms with van der Waals surface area (Å²) in [6.07, 6.45) is 10.2. The van der Waals surface area contributed by atoms with Gasteiger partial charge in [-0.05, 0) is 49.6 Å². The van der Waals surface area contributed by atoms with Crippen LogP contribution in [0.15, 0.2) is 91.8 Å². The number of amides is 2. The third kappa shape index (κ3) is 5.59. The Morgan fingerprint density at radius 2 is 1.78 bits per heavy atom. The number of nitrogens with one attached hydrogen (secondary N) is 3. The quantitative estimate of drug-likeness (QED) is 0.197. The van der Waals surface area contributed by atoms with Gasteiger partial charge in [0.25, 0.3) is 0 Å². The van der Waals surface area contributed by atoms with E-state index in [1.165, 1.54) is 12.1 Å². The van der Waals surface area contributed by atoms with Crippen molar-refractivity contribution in [1.82, 2.24) is 29.9 Å². The molecule has 2 amide bonds. The van der Waals surface area contributed by atoms with Gasteiger partial charge in [0.05, 0.1) is 23.3 Å². The van der Waals surface area contributed by atoms with Gasteiger partial charge in [0.2, 0.25) is 0 Å². The molecule has 11 heteroatoms. The monoisotopic (exact) mass is 548 g/mol. The number of aromatic amines is 1. The van der Waals surface area contributed by atoms with E-state index in [4.69, 9.17) is 9.84 Å². The van der Waals surface area contributed by atoms with Gasteiger partial charge in [-0.15, -0.1) is 0 Å². The largest absolute Gasteiger partial charge is 0.457 e. The van der Waals surface area contributed by atoms with Gasteiger partial charge < -0.3 is 15.4 Å². The number of H-pyrrole nitrogens is 1. The number of anilines is 2. The number of hydrogen-bond acceptors (Lipinski definition) is 6. The van der Waals surface area contributed by atoms with E-state index in [1.54, 1.807) is 60.1 Å². The first-order valence-electron chi connectivity index (χ1n) is 12.9. The minimum atomic E-state index is -0.650. The van der Waals surface area contributed by atoms with Gasteiger partial charge in [-0.3, -0.25) is 19.7 Å². The topological polar surface area (TPSA) is 123 Å². The fourth-order valence-electron chi connectivity index (χ4n) is 4.29. The molecule has 0 saturated heterocycles. The third-order valence-electron chi connectivity index (χ3n) is 6.37. The normalized spacial score (nSPS) is 11.1. The van der Waals surface area contributed by atoms with Crippen LogP contribution in [-0.2, 0) is 0 Å². The molecule has 0 radical (unpaired) electrons. The first-order chi connectivity index (χ1) is 19.9. The van der Waals surface area contributed by atoms with E-state index in [9.17, 15) is 9.18 Å². The van der Waals surface area contributed by atoms with E-state index < -0.39 is 11.8 Å². The Morgan fingerprint density at radius 3 is 2.59 bits per heavy atom. The molecular weight excluding hydrogens is 523 g/mol. The summed E-state index contributed by atoms with van der Waals surface area (Å²) in [5.74, 6) is 0.0986. The Hall–Kier alpha value is -5.58. The lowest BCUT2D eigenvalue weighted by Crippen LogP contribution is -2.20. The van der Waals surface area contributed by atoms with Crippen LogP contribution in [0.4, 0.5) is 20.6 Å². The van der Waals surface area contributed by atoms with E-state index in [2.05, 4.69) is 30.8 Å². The maximum atomic E-state index is 15.0. The highest BCUT2D eigenvalue weighted by molar-refractivity contribution is 6.02. The lowest BCUT2D eigenvalue weighted by molar-refractivity contribution is 0.262. The van der Waals surface area contributed by atoms with Crippen LogP contribution < -0.4 is 15.4 Å². The summed E-state index contributed by atoms with van der Waals surface area (Å²) in [6, 6.07) is 14.9. The van der Waals surface area contributed by atoms with Gasteiger partial charge in [0, 0.05) is 65.7 Å². The zero-order valence-corrected chi connectivity index (χ0v) is 22.2. The van der Waals surface area contributed by atoms with Crippen molar-refractivity contribution < 1.29 is 13.9 Å². The smallest absolute Gasteiger partial charge is 0.323 e. The van der Waals surface area contributed by atoms with E-state index in [-0.39, 0.29) is 17.5 Å². The number of nitrogens with zero attached hydrogens (tertiary/aromatic N) is 5. The van der Waals surface area contributed by atoms with Crippen LogP contribution in [-0.4, -0.2) is 36.0 Å². The minimum Gasteiger partial charge on any atom is -0.457 e. The van der Waals surface area contributed by atoms with Crippen LogP contribution in [0.25, 0.3) is 33.3 Å². The number of hydrogen-bond donors (Lipinski definition) is 3. The Morgan fingerprint density at radius 1 is 0.927 bits per heavy atom. The number of carbonyl (C=O) groups excluding carboxylic acids is 1. The Labute approximate surface area is 234 Å². The van der Waals surface area contributed by atoms with Crippen LogP contribution in [0.1, 0.15) is 19.9 Å². The van der Waals surface area contributed by atoms with Gasteiger partial charge in [0.15, 0.2) is 0 Å². The van der Waals surface area contributed by atoms with Crippen molar-refractivity contribution in [3.63, 3.8) is 0 Å². The van der Waals surface area contributed by atoms with Crippen molar-refractivity contribution in [3.05, 3.63) is 97.6 Å². The van der Waals surface area contributed by atoms with Crippen molar-refractivity contribution in [2.45, 2.75) is 19.9 Å². The number of rotatable bonds is 7. The number of aromatic nitrogens is 6. The first kappa shape index (κ1) is 25.7.